The van der Waals surface area contributed by atoms with Crippen molar-refractivity contribution in [3.63, 3.8) is 0 Å². The van der Waals surface area contributed by atoms with Crippen LogP contribution in [0.3, 0.4) is 0 Å². The molecule has 1 saturated heterocycles. The van der Waals surface area contributed by atoms with Crippen LogP contribution in [0.2, 0.25) is 5.28 Å². The number of ether oxygens (including phenoxy) is 2. The quantitative estimate of drug-likeness (QED) is 0.585. The number of methoxy groups -OCH3 is 2. The van der Waals surface area contributed by atoms with E-state index in [-0.39, 0.29) is 11.2 Å². The van der Waals surface area contributed by atoms with E-state index in [1.165, 1.54) is 11.3 Å². The lowest BCUT2D eigenvalue weighted by molar-refractivity contribution is -0.129. The molecule has 7 nitrogen and oxygen atoms in total. The van der Waals surface area contributed by atoms with E-state index < -0.39 is 0 Å². The van der Waals surface area contributed by atoms with Crippen molar-refractivity contribution >= 4 is 44.9 Å². The third kappa shape index (κ3) is 3.70. The highest BCUT2D eigenvalue weighted by Gasteiger charge is 2.24. The Bertz CT molecular complexity index is 1060. The molecule has 1 aromatic carbocycles. The van der Waals surface area contributed by atoms with E-state index in [4.69, 9.17) is 21.1 Å². The van der Waals surface area contributed by atoms with Crippen molar-refractivity contribution in [2.75, 3.05) is 45.3 Å². The molecule has 0 unspecified atom stereocenters. The van der Waals surface area contributed by atoms with E-state index in [1.54, 1.807) is 21.1 Å². The molecular weight excluding hydrogens is 412 g/mol. The maximum absolute atomic E-state index is 11.7. The van der Waals surface area contributed by atoms with Gasteiger partial charge in [0, 0.05) is 44.0 Å². The average Bonchev–Trinajstić information content (AvgIpc) is 3.16. The van der Waals surface area contributed by atoms with Crippen molar-refractivity contribution in [3.05, 3.63) is 28.9 Å². The number of fused-ring (bicyclic) bond motifs is 1. The number of piperazine rings is 1. The number of hydrogen-bond acceptors (Lipinski definition) is 7. The number of thiophene rings is 1. The highest BCUT2D eigenvalue weighted by atomic mass is 35.5. The first-order chi connectivity index (χ1) is 14.0. The summed E-state index contributed by atoms with van der Waals surface area (Å²) in [6.07, 6.45) is 0. The number of benzene rings is 1. The summed E-state index contributed by atoms with van der Waals surface area (Å²) in [4.78, 5) is 25.5. The number of carbonyl (C=O) groups is 1. The van der Waals surface area contributed by atoms with Crippen LogP contribution in [0.25, 0.3) is 21.3 Å². The lowest BCUT2D eigenvalue weighted by atomic mass is 10.0. The van der Waals surface area contributed by atoms with Crippen molar-refractivity contribution in [1.82, 2.24) is 14.9 Å². The first kappa shape index (κ1) is 19.7. The fraction of sp³-hybridized carbons (Fsp3) is 0.350. The predicted octanol–water partition coefficient (Wildman–Crippen LogP) is 3.70. The molecule has 0 radical (unpaired) electrons. The molecule has 4 rings (SSSR count). The zero-order valence-electron chi connectivity index (χ0n) is 16.4. The summed E-state index contributed by atoms with van der Waals surface area (Å²) >= 11 is 7.75. The monoisotopic (exact) mass is 432 g/mol. The standard InChI is InChI=1S/C20H21ClN4O3S/c1-12(26)24-6-8-25(9-7-24)18-17-14(11-29-19(17)23-20(21)22-18)13-4-5-15(27-2)16(10-13)28-3/h4-5,10-11H,6-9H2,1-3H3. The minimum Gasteiger partial charge on any atom is -0.493 e. The van der Waals surface area contributed by atoms with Gasteiger partial charge in [0.05, 0.1) is 19.6 Å². The van der Waals surface area contributed by atoms with Gasteiger partial charge in [0.15, 0.2) is 11.5 Å². The van der Waals surface area contributed by atoms with Gasteiger partial charge >= 0.3 is 0 Å². The Morgan fingerprint density at radius 2 is 1.83 bits per heavy atom. The van der Waals surface area contributed by atoms with Gasteiger partial charge < -0.3 is 19.3 Å². The molecule has 0 N–H and O–H groups in total. The highest BCUT2D eigenvalue weighted by molar-refractivity contribution is 7.17. The number of rotatable bonds is 4. The Labute approximate surface area is 177 Å². The highest BCUT2D eigenvalue weighted by Crippen LogP contribution is 2.41. The number of amides is 1. The molecule has 1 aliphatic heterocycles. The van der Waals surface area contributed by atoms with Gasteiger partial charge in [-0.15, -0.1) is 11.3 Å². The second-order valence-corrected chi connectivity index (χ2v) is 7.90. The van der Waals surface area contributed by atoms with Gasteiger partial charge in [-0.05, 0) is 29.3 Å². The van der Waals surface area contributed by atoms with Crippen molar-refractivity contribution < 1.29 is 14.3 Å². The molecule has 1 amide bonds. The van der Waals surface area contributed by atoms with Crippen LogP contribution in [-0.2, 0) is 4.79 Å². The first-order valence-electron chi connectivity index (χ1n) is 9.19. The number of aromatic nitrogens is 2. The maximum Gasteiger partial charge on any atom is 0.225 e. The maximum atomic E-state index is 11.7. The Balaban J connectivity index is 1.79. The van der Waals surface area contributed by atoms with Gasteiger partial charge in [0.25, 0.3) is 0 Å². The van der Waals surface area contributed by atoms with Gasteiger partial charge in [-0.2, -0.15) is 4.98 Å². The van der Waals surface area contributed by atoms with Crippen molar-refractivity contribution in [2.45, 2.75) is 6.92 Å². The van der Waals surface area contributed by atoms with E-state index >= 15 is 0 Å². The molecular formula is C20H21ClN4O3S. The topological polar surface area (TPSA) is 67.8 Å². The number of hydrogen-bond donors (Lipinski definition) is 0. The summed E-state index contributed by atoms with van der Waals surface area (Å²) in [6, 6.07) is 5.83. The third-order valence-electron chi connectivity index (χ3n) is 5.11. The molecule has 1 fully saturated rings. The SMILES string of the molecule is COc1ccc(-c2csc3nc(Cl)nc(N4CCN(C(C)=O)CC4)c23)cc1OC. The van der Waals surface area contributed by atoms with Crippen LogP contribution >= 0.6 is 22.9 Å². The van der Waals surface area contributed by atoms with Gasteiger partial charge in [-0.3, -0.25) is 4.79 Å². The molecule has 0 atom stereocenters. The number of nitrogens with zero attached hydrogens (tertiary/aromatic N) is 4. The smallest absolute Gasteiger partial charge is 0.225 e. The summed E-state index contributed by atoms with van der Waals surface area (Å²) < 4.78 is 10.8. The number of halogens is 1. The molecule has 0 aliphatic carbocycles. The molecule has 0 saturated carbocycles. The minimum absolute atomic E-state index is 0.0945. The molecule has 2 aromatic heterocycles. The molecule has 0 spiro atoms. The summed E-state index contributed by atoms with van der Waals surface area (Å²) in [5, 5.41) is 3.25. The summed E-state index contributed by atoms with van der Waals surface area (Å²) in [5.74, 6) is 2.23. The number of anilines is 1. The number of carbonyl (C=O) groups excluding carboxylic acids is 1. The van der Waals surface area contributed by atoms with E-state index in [9.17, 15) is 4.79 Å². The Kier molecular flexibility index (Phi) is 5.47. The third-order valence-corrected chi connectivity index (χ3v) is 6.15. The van der Waals surface area contributed by atoms with E-state index in [0.717, 1.165) is 27.2 Å². The first-order valence-corrected chi connectivity index (χ1v) is 10.4. The Morgan fingerprint density at radius 3 is 2.48 bits per heavy atom. The zero-order valence-corrected chi connectivity index (χ0v) is 18.0. The van der Waals surface area contributed by atoms with Gasteiger partial charge in [0.2, 0.25) is 11.2 Å². The fourth-order valence-corrected chi connectivity index (χ4v) is 4.73. The van der Waals surface area contributed by atoms with Crippen LogP contribution in [0, 0.1) is 0 Å². The Morgan fingerprint density at radius 1 is 1.10 bits per heavy atom. The molecule has 9 heteroatoms. The summed E-state index contributed by atoms with van der Waals surface area (Å²) in [5.41, 5.74) is 2.01. The van der Waals surface area contributed by atoms with Gasteiger partial charge in [0.1, 0.15) is 10.6 Å². The fourth-order valence-electron chi connectivity index (χ4n) is 3.58. The van der Waals surface area contributed by atoms with Gasteiger partial charge in [-0.25, -0.2) is 4.98 Å². The lowest BCUT2D eigenvalue weighted by Gasteiger charge is -2.35. The van der Waals surface area contributed by atoms with Crippen molar-refractivity contribution in [2.24, 2.45) is 0 Å². The van der Waals surface area contributed by atoms with Crippen LogP contribution in [0.5, 0.6) is 11.5 Å². The average molecular weight is 433 g/mol. The van der Waals surface area contributed by atoms with E-state index in [0.29, 0.717) is 37.7 Å². The Hall–Kier alpha value is -2.58. The van der Waals surface area contributed by atoms with Crippen LogP contribution in [0.1, 0.15) is 6.92 Å². The minimum atomic E-state index is 0.0945. The second-order valence-electron chi connectivity index (χ2n) is 6.71. The molecule has 0 bridgehead atoms. The van der Waals surface area contributed by atoms with Crippen LogP contribution in [-0.4, -0.2) is 61.2 Å². The van der Waals surface area contributed by atoms with E-state index in [2.05, 4.69) is 20.2 Å². The predicted molar refractivity (Wildman–Crippen MR) is 115 cm³/mol. The summed E-state index contributed by atoms with van der Waals surface area (Å²) in [7, 11) is 3.24. The summed E-state index contributed by atoms with van der Waals surface area (Å²) in [6.45, 7) is 4.32. The van der Waals surface area contributed by atoms with E-state index in [1.807, 2.05) is 23.1 Å². The van der Waals surface area contributed by atoms with Crippen LogP contribution in [0.4, 0.5) is 5.82 Å². The molecule has 152 valence electrons. The molecule has 1 aliphatic rings. The van der Waals surface area contributed by atoms with Gasteiger partial charge in [-0.1, -0.05) is 6.07 Å². The molecule has 3 heterocycles. The molecule has 29 heavy (non-hydrogen) atoms. The largest absolute Gasteiger partial charge is 0.493 e. The van der Waals surface area contributed by atoms with Crippen molar-refractivity contribution in [1.29, 1.82) is 0 Å². The zero-order chi connectivity index (χ0) is 20.5. The second kappa shape index (κ2) is 8.04. The van der Waals surface area contributed by atoms with Crippen LogP contribution in [0.15, 0.2) is 23.6 Å². The van der Waals surface area contributed by atoms with Crippen LogP contribution < -0.4 is 14.4 Å². The van der Waals surface area contributed by atoms with Crippen molar-refractivity contribution in [3.8, 4) is 22.6 Å². The molecule has 3 aromatic rings. The lowest BCUT2D eigenvalue weighted by Crippen LogP contribution is -2.48. The normalized spacial score (nSPS) is 14.3.